The van der Waals surface area contributed by atoms with Gasteiger partial charge in [-0.05, 0) is 43.5 Å². The number of benzene rings is 2. The number of fused-ring (bicyclic) bond motifs is 2. The van der Waals surface area contributed by atoms with Crippen molar-refractivity contribution < 1.29 is 23.1 Å². The van der Waals surface area contributed by atoms with Crippen molar-refractivity contribution in [1.82, 2.24) is 4.68 Å². The molecule has 0 saturated heterocycles. The molecule has 1 saturated carbocycles. The Bertz CT molecular complexity index is 1520. The zero-order valence-corrected chi connectivity index (χ0v) is 18.6. The van der Waals surface area contributed by atoms with Crippen LogP contribution in [0.1, 0.15) is 24.8 Å². The van der Waals surface area contributed by atoms with Crippen molar-refractivity contribution >= 4 is 38.4 Å². The zero-order chi connectivity index (χ0) is 24.0. The maximum atomic E-state index is 13.5. The van der Waals surface area contributed by atoms with Gasteiger partial charge in [0.1, 0.15) is 22.0 Å². The second-order valence-corrected chi connectivity index (χ2v) is 9.66. The number of aromatic hydroxyl groups is 1. The first-order chi connectivity index (χ1) is 16.2. The van der Waals surface area contributed by atoms with Crippen LogP contribution >= 0.6 is 0 Å². The van der Waals surface area contributed by atoms with Crippen molar-refractivity contribution in [3.05, 3.63) is 58.4 Å². The fourth-order valence-corrected chi connectivity index (χ4v) is 5.02. The molecule has 1 aliphatic carbocycles. The molecule has 1 aliphatic heterocycles. The molecule has 5 rings (SSSR count). The molecule has 0 atom stereocenters. The predicted molar refractivity (Wildman–Crippen MR) is 125 cm³/mol. The molecular weight excluding hydrogens is 462 g/mol. The number of amides is 1. The second-order valence-electron chi connectivity index (χ2n) is 8.09. The Balaban J connectivity index is 1.63. The summed E-state index contributed by atoms with van der Waals surface area (Å²) in [5.74, 6) is -1.27. The molecule has 34 heavy (non-hydrogen) atoms. The van der Waals surface area contributed by atoms with Crippen LogP contribution in [0.3, 0.4) is 0 Å². The average molecular weight is 484 g/mol. The largest absolute Gasteiger partial charge is 0.506 e. The van der Waals surface area contributed by atoms with Gasteiger partial charge in [-0.3, -0.25) is 9.59 Å². The number of rotatable bonds is 6. The van der Waals surface area contributed by atoms with Gasteiger partial charge in [0.25, 0.3) is 21.5 Å². The Morgan fingerprint density at radius 2 is 2.03 bits per heavy atom. The molecule has 11 nitrogen and oxygen atoms in total. The van der Waals surface area contributed by atoms with Gasteiger partial charge in [-0.2, -0.15) is 8.42 Å². The van der Waals surface area contributed by atoms with Crippen molar-refractivity contribution in [2.45, 2.75) is 30.2 Å². The number of nitrogens with two attached hydrogens (primary N) is 1. The normalized spacial score (nSPS) is 16.6. The third kappa shape index (κ3) is 3.71. The molecule has 12 heteroatoms. The highest BCUT2D eigenvalue weighted by molar-refractivity contribution is 7.90. The fraction of sp³-hybridized carbons (Fsp3) is 0.227. The highest BCUT2D eigenvalue weighted by Crippen LogP contribution is 2.34. The molecule has 176 valence electrons. The minimum atomic E-state index is -4.27. The van der Waals surface area contributed by atoms with E-state index in [4.69, 9.17) is 10.5 Å². The first-order valence-electron chi connectivity index (χ1n) is 10.6. The smallest absolute Gasteiger partial charge is 0.286 e. The monoisotopic (exact) mass is 483 g/mol. The Morgan fingerprint density at radius 1 is 1.26 bits per heavy atom. The van der Waals surface area contributed by atoms with Crippen LogP contribution < -0.4 is 26.8 Å². The number of aromatic nitrogens is 1. The Hall–Kier alpha value is -4.06. The van der Waals surface area contributed by atoms with Crippen LogP contribution in [-0.2, 0) is 14.8 Å². The summed E-state index contributed by atoms with van der Waals surface area (Å²) in [6.07, 6.45) is 2.85. The number of hydrogen-bond donors (Lipinski definition) is 4. The lowest BCUT2D eigenvalue weighted by Crippen LogP contribution is -2.42. The van der Waals surface area contributed by atoms with Crippen LogP contribution in [-0.4, -0.2) is 42.6 Å². The number of amidine groups is 1. The van der Waals surface area contributed by atoms with E-state index in [0.29, 0.717) is 10.9 Å². The summed E-state index contributed by atoms with van der Waals surface area (Å²) in [7, 11) is -4.27. The summed E-state index contributed by atoms with van der Waals surface area (Å²) in [4.78, 5) is 24.2. The molecule has 1 fully saturated rings. The van der Waals surface area contributed by atoms with E-state index >= 15 is 0 Å². The van der Waals surface area contributed by atoms with Crippen molar-refractivity contribution in [3.63, 3.8) is 0 Å². The van der Waals surface area contributed by atoms with Gasteiger partial charge in [0.05, 0.1) is 11.2 Å². The van der Waals surface area contributed by atoms with Crippen LogP contribution in [0, 0.1) is 0 Å². The van der Waals surface area contributed by atoms with Gasteiger partial charge < -0.3 is 26.3 Å². The van der Waals surface area contributed by atoms with Crippen molar-refractivity contribution in [3.8, 4) is 11.5 Å². The molecule has 5 N–H and O–H groups in total. The molecule has 2 heterocycles. The number of sulfonamides is 1. The lowest BCUT2D eigenvalue weighted by Gasteiger charge is -2.29. The fourth-order valence-electron chi connectivity index (χ4n) is 3.88. The number of carbonyl (C=O) groups is 1. The van der Waals surface area contributed by atoms with Gasteiger partial charge >= 0.3 is 0 Å². The van der Waals surface area contributed by atoms with E-state index in [2.05, 4.69) is 15.1 Å². The van der Waals surface area contributed by atoms with Gasteiger partial charge in [-0.1, -0.05) is 12.1 Å². The SMILES string of the molecule is NC(=O)COc1ccc2c(c1)S(=O)(=O)N=C(c1c(O)c3ccccc3n(NC3CCC3)c1=O)N2. The summed E-state index contributed by atoms with van der Waals surface area (Å²) in [5.41, 5.74) is 7.94. The van der Waals surface area contributed by atoms with Crippen LogP contribution in [0.5, 0.6) is 11.5 Å². The predicted octanol–water partition coefficient (Wildman–Crippen LogP) is 1.23. The van der Waals surface area contributed by atoms with E-state index in [-0.39, 0.29) is 39.5 Å². The van der Waals surface area contributed by atoms with Gasteiger partial charge in [0.15, 0.2) is 12.4 Å². The zero-order valence-electron chi connectivity index (χ0n) is 17.8. The van der Waals surface area contributed by atoms with E-state index in [9.17, 15) is 23.1 Å². The van der Waals surface area contributed by atoms with Gasteiger partial charge in [-0.25, -0.2) is 4.68 Å². The lowest BCUT2D eigenvalue weighted by atomic mass is 9.94. The number of nitrogens with one attached hydrogen (secondary N) is 2. The van der Waals surface area contributed by atoms with Gasteiger partial charge in [-0.15, -0.1) is 4.40 Å². The highest BCUT2D eigenvalue weighted by atomic mass is 32.2. The van der Waals surface area contributed by atoms with Crippen molar-refractivity contribution in [2.24, 2.45) is 10.1 Å². The number of carbonyl (C=O) groups excluding carboxylic acids is 1. The molecule has 2 aromatic carbocycles. The van der Waals surface area contributed by atoms with E-state index in [1.807, 2.05) is 0 Å². The lowest BCUT2D eigenvalue weighted by molar-refractivity contribution is -0.119. The van der Waals surface area contributed by atoms with E-state index in [0.717, 1.165) is 19.3 Å². The van der Waals surface area contributed by atoms with E-state index in [1.165, 1.54) is 22.9 Å². The van der Waals surface area contributed by atoms with E-state index in [1.54, 1.807) is 24.3 Å². The van der Waals surface area contributed by atoms with Crippen molar-refractivity contribution in [1.29, 1.82) is 0 Å². The van der Waals surface area contributed by atoms with Gasteiger partial charge in [0.2, 0.25) is 0 Å². The number of anilines is 1. The molecule has 0 radical (unpaired) electrons. The molecule has 1 aromatic heterocycles. The molecule has 0 unspecified atom stereocenters. The summed E-state index contributed by atoms with van der Waals surface area (Å²) < 4.78 is 36.2. The summed E-state index contributed by atoms with van der Waals surface area (Å²) >= 11 is 0. The summed E-state index contributed by atoms with van der Waals surface area (Å²) in [6.45, 7) is -0.417. The molecule has 0 spiro atoms. The Kier molecular flexibility index (Phi) is 5.16. The van der Waals surface area contributed by atoms with Crippen LogP contribution in [0.15, 0.2) is 56.6 Å². The Labute approximate surface area is 193 Å². The number of para-hydroxylation sites is 1. The quantitative estimate of drug-likeness (QED) is 0.406. The third-order valence-corrected chi connectivity index (χ3v) is 7.10. The maximum Gasteiger partial charge on any atom is 0.286 e. The van der Waals surface area contributed by atoms with Gasteiger partial charge in [0, 0.05) is 17.5 Å². The number of pyridine rings is 1. The number of ether oxygens (including phenoxy) is 1. The minimum absolute atomic E-state index is 0.100. The third-order valence-electron chi connectivity index (χ3n) is 5.78. The minimum Gasteiger partial charge on any atom is -0.506 e. The van der Waals surface area contributed by atoms with Crippen LogP contribution in [0.2, 0.25) is 0 Å². The molecule has 3 aromatic rings. The van der Waals surface area contributed by atoms with E-state index < -0.39 is 28.1 Å². The van der Waals surface area contributed by atoms with Crippen molar-refractivity contribution in [2.75, 3.05) is 17.3 Å². The molecule has 1 amide bonds. The maximum absolute atomic E-state index is 13.5. The average Bonchev–Trinajstić information content (AvgIpc) is 2.76. The topological polar surface area (TPSA) is 165 Å². The first-order valence-corrected chi connectivity index (χ1v) is 12.0. The first kappa shape index (κ1) is 21.8. The number of hydrogen-bond acceptors (Lipinski definition) is 8. The summed E-state index contributed by atoms with van der Waals surface area (Å²) in [5, 5.41) is 14.2. The molecular formula is C22H21N5O6S. The highest BCUT2D eigenvalue weighted by Gasteiger charge is 2.31. The summed E-state index contributed by atoms with van der Waals surface area (Å²) in [6, 6.07) is 11.0. The molecule has 2 aliphatic rings. The Morgan fingerprint density at radius 3 is 2.74 bits per heavy atom. The standard InChI is InChI=1S/C22H21N5O6S/c23-18(28)11-33-13-8-9-15-17(10-13)34(31,32)26-21(24-15)19-20(29)14-6-1-2-7-16(14)27(22(19)30)25-12-4-3-5-12/h1-2,6-10,12,25,29H,3-5,11H2,(H2,23,28)(H,24,26). The number of nitrogens with zero attached hydrogens (tertiary/aromatic N) is 2. The van der Waals surface area contributed by atoms with Crippen LogP contribution in [0.4, 0.5) is 5.69 Å². The molecule has 0 bridgehead atoms. The van der Waals surface area contributed by atoms with Crippen LogP contribution in [0.25, 0.3) is 10.9 Å². The number of primary amides is 1. The second kappa shape index (κ2) is 8.06.